The third-order valence-corrected chi connectivity index (χ3v) is 3.83. The van der Waals surface area contributed by atoms with Crippen molar-refractivity contribution in [3.8, 4) is 11.5 Å². The minimum Gasteiger partial charge on any atom is -0.262 e. The average molecular weight is 277 g/mol. The van der Waals surface area contributed by atoms with Gasteiger partial charge < -0.3 is 0 Å². The van der Waals surface area contributed by atoms with E-state index in [-0.39, 0.29) is 0 Å². The molecule has 0 saturated heterocycles. The zero-order valence-corrected chi connectivity index (χ0v) is 11.8. The Morgan fingerprint density at radius 2 is 2.11 bits per heavy atom. The molecule has 0 unspecified atom stereocenters. The van der Waals surface area contributed by atoms with Crippen LogP contribution in [0.4, 0.5) is 0 Å². The van der Waals surface area contributed by atoms with E-state index in [0.29, 0.717) is 11.0 Å². The molecule has 0 fully saturated rings. The third kappa shape index (κ3) is 2.37. The van der Waals surface area contributed by atoms with Gasteiger partial charge in [-0.2, -0.15) is 5.10 Å². The first-order chi connectivity index (χ1) is 9.29. The number of hydrogen-bond acceptors (Lipinski definition) is 3. The van der Waals surface area contributed by atoms with Crippen LogP contribution in [0.3, 0.4) is 0 Å². The van der Waals surface area contributed by atoms with Crippen LogP contribution in [0.25, 0.3) is 11.5 Å². The number of fused-ring (bicyclic) bond motifs is 1. The number of aromatic nitrogens is 4. The van der Waals surface area contributed by atoms with E-state index < -0.39 is 0 Å². The number of nitrogens with zero attached hydrogens (tertiary/aromatic N) is 4. The fourth-order valence-corrected chi connectivity index (χ4v) is 2.86. The van der Waals surface area contributed by atoms with Crippen LogP contribution in [0, 0.1) is 0 Å². The van der Waals surface area contributed by atoms with Gasteiger partial charge in [-0.1, -0.05) is 18.5 Å². The fraction of sp³-hybridized carbons (Fsp3) is 0.500. The molecule has 19 heavy (non-hydrogen) atoms. The van der Waals surface area contributed by atoms with Gasteiger partial charge in [-0.3, -0.25) is 4.68 Å². The van der Waals surface area contributed by atoms with Crippen molar-refractivity contribution in [1.29, 1.82) is 0 Å². The molecule has 1 aliphatic rings. The topological polar surface area (TPSA) is 43.6 Å². The quantitative estimate of drug-likeness (QED) is 0.808. The number of aryl methyl sites for hydroxylation is 2. The second kappa shape index (κ2) is 5.29. The summed E-state index contributed by atoms with van der Waals surface area (Å²) in [6, 6.07) is 1.95. The molecule has 0 saturated carbocycles. The van der Waals surface area contributed by atoms with E-state index in [9.17, 15) is 0 Å². The molecule has 4 nitrogen and oxygen atoms in total. The monoisotopic (exact) mass is 276 g/mol. The zero-order valence-electron chi connectivity index (χ0n) is 11.1. The van der Waals surface area contributed by atoms with Gasteiger partial charge >= 0.3 is 0 Å². The van der Waals surface area contributed by atoms with E-state index in [4.69, 9.17) is 16.6 Å². The summed E-state index contributed by atoms with van der Waals surface area (Å²) in [6.07, 6.45) is 7.21. The minimum absolute atomic E-state index is 0.615. The molecule has 0 N–H and O–H groups in total. The minimum atomic E-state index is 0.615. The Balaban J connectivity index is 2.05. The highest BCUT2D eigenvalue weighted by molar-refractivity contribution is 6.30. The smallest absolute Gasteiger partial charge is 0.179 e. The van der Waals surface area contributed by atoms with E-state index in [0.717, 1.165) is 42.8 Å². The first kappa shape index (κ1) is 12.6. The number of halogens is 1. The Morgan fingerprint density at radius 1 is 1.26 bits per heavy atom. The lowest BCUT2D eigenvalue weighted by Gasteiger charge is -2.16. The van der Waals surface area contributed by atoms with E-state index in [1.54, 1.807) is 6.20 Å². The molecule has 0 aromatic carbocycles. The Kier molecular flexibility index (Phi) is 3.51. The molecule has 2 heterocycles. The predicted molar refractivity (Wildman–Crippen MR) is 75.2 cm³/mol. The van der Waals surface area contributed by atoms with Crippen LogP contribution in [0.2, 0.25) is 5.15 Å². The maximum atomic E-state index is 6.31. The van der Waals surface area contributed by atoms with E-state index in [1.807, 2.05) is 10.7 Å². The average Bonchev–Trinajstić information content (AvgIpc) is 2.87. The van der Waals surface area contributed by atoms with Gasteiger partial charge in [0.15, 0.2) is 5.82 Å². The Morgan fingerprint density at radius 3 is 2.95 bits per heavy atom. The molecule has 2 aromatic rings. The molecule has 2 aromatic heterocycles. The summed E-state index contributed by atoms with van der Waals surface area (Å²) in [4.78, 5) is 9.17. The highest BCUT2D eigenvalue weighted by Gasteiger charge is 2.18. The summed E-state index contributed by atoms with van der Waals surface area (Å²) in [7, 11) is 0. The van der Waals surface area contributed by atoms with Gasteiger partial charge in [0.1, 0.15) is 10.8 Å². The lowest BCUT2D eigenvalue weighted by molar-refractivity contribution is 0.605. The molecule has 0 spiro atoms. The van der Waals surface area contributed by atoms with Gasteiger partial charge in [0.25, 0.3) is 0 Å². The molecule has 5 heteroatoms. The van der Waals surface area contributed by atoms with Crippen LogP contribution < -0.4 is 0 Å². The number of rotatable bonds is 3. The predicted octanol–water partition coefficient (Wildman–Crippen LogP) is 3.28. The summed E-state index contributed by atoms with van der Waals surface area (Å²) in [5.41, 5.74) is 3.21. The second-order valence-electron chi connectivity index (χ2n) is 4.91. The lowest BCUT2D eigenvalue weighted by atomic mass is 9.97. The van der Waals surface area contributed by atoms with Crippen molar-refractivity contribution < 1.29 is 0 Å². The van der Waals surface area contributed by atoms with Crippen molar-refractivity contribution in [3.05, 3.63) is 28.7 Å². The molecule has 0 aliphatic heterocycles. The molecular formula is C14H17ClN4. The molecule has 0 bridgehead atoms. The van der Waals surface area contributed by atoms with Crippen molar-refractivity contribution in [3.63, 3.8) is 0 Å². The van der Waals surface area contributed by atoms with Crippen LogP contribution in [0.5, 0.6) is 0 Å². The molecule has 0 amide bonds. The van der Waals surface area contributed by atoms with Gasteiger partial charge in [-0.05, 0) is 38.2 Å². The largest absolute Gasteiger partial charge is 0.262 e. The van der Waals surface area contributed by atoms with Gasteiger partial charge in [-0.15, -0.1) is 0 Å². The van der Waals surface area contributed by atoms with Crippen LogP contribution >= 0.6 is 11.6 Å². The van der Waals surface area contributed by atoms with E-state index in [1.165, 1.54) is 12.8 Å². The Bertz CT molecular complexity index is 591. The van der Waals surface area contributed by atoms with Crippen molar-refractivity contribution in [1.82, 2.24) is 19.7 Å². The number of hydrogen-bond donors (Lipinski definition) is 0. The SMILES string of the molecule is CCCn1nccc1-c1nc(Cl)c2c(n1)CCCC2. The maximum Gasteiger partial charge on any atom is 0.179 e. The van der Waals surface area contributed by atoms with Crippen LogP contribution in [-0.2, 0) is 19.4 Å². The lowest BCUT2D eigenvalue weighted by Crippen LogP contribution is -2.10. The molecule has 1 aliphatic carbocycles. The fourth-order valence-electron chi connectivity index (χ4n) is 2.58. The summed E-state index contributed by atoms with van der Waals surface area (Å²) < 4.78 is 1.95. The first-order valence-corrected chi connectivity index (χ1v) is 7.25. The molecule has 0 radical (unpaired) electrons. The third-order valence-electron chi connectivity index (χ3n) is 3.51. The van der Waals surface area contributed by atoms with E-state index >= 15 is 0 Å². The van der Waals surface area contributed by atoms with E-state index in [2.05, 4.69) is 17.0 Å². The van der Waals surface area contributed by atoms with Gasteiger partial charge in [-0.25, -0.2) is 9.97 Å². The maximum absolute atomic E-state index is 6.31. The van der Waals surface area contributed by atoms with Gasteiger partial charge in [0.2, 0.25) is 0 Å². The highest BCUT2D eigenvalue weighted by Crippen LogP contribution is 2.28. The summed E-state index contributed by atoms with van der Waals surface area (Å²) in [5, 5.41) is 4.93. The molecule has 100 valence electrons. The summed E-state index contributed by atoms with van der Waals surface area (Å²) in [6.45, 7) is 3.01. The van der Waals surface area contributed by atoms with Crippen molar-refractivity contribution in [2.45, 2.75) is 45.6 Å². The van der Waals surface area contributed by atoms with Gasteiger partial charge in [0, 0.05) is 24.0 Å². The standard InChI is InChI=1S/C14H17ClN4/c1-2-9-19-12(7-8-16-19)14-17-11-6-4-3-5-10(11)13(15)18-14/h7-8H,2-6,9H2,1H3. The summed E-state index contributed by atoms with van der Waals surface area (Å²) >= 11 is 6.31. The van der Waals surface area contributed by atoms with Crippen LogP contribution in [0.1, 0.15) is 37.4 Å². The Labute approximate surface area is 117 Å². The summed E-state index contributed by atoms with van der Waals surface area (Å²) in [5.74, 6) is 0.705. The molecule has 3 rings (SSSR count). The van der Waals surface area contributed by atoms with Crippen LogP contribution in [-0.4, -0.2) is 19.7 Å². The second-order valence-corrected chi connectivity index (χ2v) is 5.27. The van der Waals surface area contributed by atoms with Gasteiger partial charge in [0.05, 0.1) is 0 Å². The van der Waals surface area contributed by atoms with Crippen LogP contribution in [0.15, 0.2) is 12.3 Å². The zero-order chi connectivity index (χ0) is 13.2. The van der Waals surface area contributed by atoms with Crippen molar-refractivity contribution in [2.24, 2.45) is 0 Å². The highest BCUT2D eigenvalue weighted by atomic mass is 35.5. The first-order valence-electron chi connectivity index (χ1n) is 6.87. The molecule has 0 atom stereocenters. The Hall–Kier alpha value is -1.42. The van der Waals surface area contributed by atoms with Crippen molar-refractivity contribution >= 4 is 11.6 Å². The van der Waals surface area contributed by atoms with Crippen molar-refractivity contribution in [2.75, 3.05) is 0 Å². The normalized spacial score (nSPS) is 14.4. The molecular weight excluding hydrogens is 260 g/mol.